The molecule has 1 unspecified atom stereocenters. The minimum Gasteiger partial charge on any atom is -0.304 e. The Morgan fingerprint density at radius 2 is 2.31 bits per heavy atom. The van der Waals surface area contributed by atoms with E-state index in [0.717, 1.165) is 0 Å². The maximum atomic E-state index is 12.6. The molecule has 0 aromatic heterocycles. The Hall–Kier alpha value is -0.610. The average molecular weight is 222 g/mol. The van der Waals surface area contributed by atoms with Gasteiger partial charge in [0.25, 0.3) is 0 Å². The molecular weight excluding hydrogens is 213 g/mol. The fraction of sp³-hybridized carbons (Fsp3) is 0.250. The second kappa shape index (κ2) is 4.58. The highest BCUT2D eigenvalue weighted by Crippen LogP contribution is 2.22. The highest BCUT2D eigenvalue weighted by Gasteiger charge is 2.03. The van der Waals surface area contributed by atoms with E-state index >= 15 is 0 Å². The second-order valence-corrected chi connectivity index (χ2v) is 4.24. The van der Waals surface area contributed by atoms with E-state index in [1.54, 1.807) is 6.92 Å². The van der Waals surface area contributed by atoms with Crippen molar-refractivity contribution in [1.29, 1.82) is 0 Å². The molecule has 0 aliphatic heterocycles. The van der Waals surface area contributed by atoms with Crippen LogP contribution in [-0.4, -0.2) is 9.96 Å². The number of hydrogen-bond donors (Lipinski definition) is 1. The number of rotatable bonds is 3. The van der Waals surface area contributed by atoms with Gasteiger partial charge in [0.2, 0.25) is 0 Å². The smallest absolute Gasteiger partial charge is 0.124 e. The van der Waals surface area contributed by atoms with Gasteiger partial charge < -0.3 is 4.72 Å². The van der Waals surface area contributed by atoms with Crippen LogP contribution in [0.1, 0.15) is 6.92 Å². The lowest BCUT2D eigenvalue weighted by Crippen LogP contribution is -2.06. The van der Waals surface area contributed by atoms with E-state index in [1.807, 2.05) is 0 Å². The van der Waals surface area contributed by atoms with Crippen molar-refractivity contribution in [2.24, 2.45) is 0 Å². The molecule has 0 spiro atoms. The molecule has 0 fully saturated rings. The van der Waals surface area contributed by atoms with Crippen molar-refractivity contribution in [3.63, 3.8) is 0 Å². The van der Waals surface area contributed by atoms with Crippen LogP contribution in [-0.2, 0) is 11.0 Å². The quantitative estimate of drug-likeness (QED) is 0.835. The van der Waals surface area contributed by atoms with Crippen LogP contribution in [0, 0.1) is 5.82 Å². The first-order valence-electron chi connectivity index (χ1n) is 3.73. The molecule has 0 saturated heterocycles. The fourth-order valence-corrected chi connectivity index (χ4v) is 1.61. The van der Waals surface area contributed by atoms with Gasteiger partial charge in [0, 0.05) is 5.75 Å². The summed E-state index contributed by atoms with van der Waals surface area (Å²) < 4.78 is 26.3. The van der Waals surface area contributed by atoms with Crippen molar-refractivity contribution in [2.45, 2.75) is 6.92 Å². The summed E-state index contributed by atoms with van der Waals surface area (Å²) in [7, 11) is -1.15. The highest BCUT2D eigenvalue weighted by atomic mass is 35.5. The van der Waals surface area contributed by atoms with Crippen molar-refractivity contribution in [1.82, 2.24) is 0 Å². The van der Waals surface area contributed by atoms with Gasteiger partial charge in [-0.1, -0.05) is 18.5 Å². The van der Waals surface area contributed by atoms with E-state index < -0.39 is 16.8 Å². The van der Waals surface area contributed by atoms with Gasteiger partial charge in [-0.3, -0.25) is 0 Å². The number of hydrogen-bond acceptors (Lipinski definition) is 1. The Bertz CT molecular complexity index is 332. The zero-order chi connectivity index (χ0) is 9.84. The van der Waals surface area contributed by atoms with Gasteiger partial charge in [0.05, 0.1) is 10.7 Å². The molecule has 1 aromatic carbocycles. The summed E-state index contributed by atoms with van der Waals surface area (Å²) in [5.74, 6) is 0.0751. The van der Waals surface area contributed by atoms with Gasteiger partial charge in [-0.25, -0.2) is 8.60 Å². The predicted octanol–water partition coefficient (Wildman–Crippen LogP) is 2.57. The van der Waals surface area contributed by atoms with Gasteiger partial charge in [0.1, 0.15) is 16.8 Å². The molecule has 1 aromatic rings. The zero-order valence-corrected chi connectivity index (χ0v) is 8.58. The molecule has 0 amide bonds. The SMILES string of the molecule is CCS(=O)Nc1ccc(F)cc1Cl. The van der Waals surface area contributed by atoms with Crippen LogP contribution in [0.15, 0.2) is 18.2 Å². The first kappa shape index (κ1) is 10.5. The highest BCUT2D eigenvalue weighted by molar-refractivity contribution is 7.86. The number of benzene rings is 1. The molecule has 0 saturated carbocycles. The molecule has 0 radical (unpaired) electrons. The molecule has 0 bridgehead atoms. The molecule has 13 heavy (non-hydrogen) atoms. The van der Waals surface area contributed by atoms with Crippen LogP contribution in [0.5, 0.6) is 0 Å². The van der Waals surface area contributed by atoms with E-state index in [0.29, 0.717) is 11.4 Å². The number of anilines is 1. The van der Waals surface area contributed by atoms with E-state index in [4.69, 9.17) is 11.6 Å². The first-order valence-corrected chi connectivity index (χ1v) is 5.43. The minimum atomic E-state index is -1.15. The van der Waals surface area contributed by atoms with Crippen LogP contribution in [0.25, 0.3) is 0 Å². The Kier molecular flexibility index (Phi) is 3.69. The maximum Gasteiger partial charge on any atom is 0.124 e. The Morgan fingerprint density at radius 3 is 2.85 bits per heavy atom. The topological polar surface area (TPSA) is 29.1 Å². The summed E-state index contributed by atoms with van der Waals surface area (Å²) >= 11 is 5.69. The lowest BCUT2D eigenvalue weighted by atomic mass is 10.3. The summed E-state index contributed by atoms with van der Waals surface area (Å²) in [5, 5.41) is 0.238. The molecule has 0 heterocycles. The lowest BCUT2D eigenvalue weighted by Gasteiger charge is -2.05. The summed E-state index contributed by atoms with van der Waals surface area (Å²) in [6.45, 7) is 1.78. The van der Waals surface area contributed by atoms with Crippen molar-refractivity contribution in [3.8, 4) is 0 Å². The molecule has 5 heteroatoms. The number of halogens is 2. The monoisotopic (exact) mass is 221 g/mol. The van der Waals surface area contributed by atoms with Crippen molar-refractivity contribution >= 4 is 28.3 Å². The van der Waals surface area contributed by atoms with Crippen LogP contribution >= 0.6 is 11.6 Å². The van der Waals surface area contributed by atoms with E-state index in [2.05, 4.69) is 4.72 Å². The second-order valence-electron chi connectivity index (χ2n) is 2.36. The Morgan fingerprint density at radius 1 is 1.62 bits per heavy atom. The molecule has 72 valence electrons. The van der Waals surface area contributed by atoms with Gasteiger partial charge in [-0.2, -0.15) is 0 Å². The van der Waals surface area contributed by atoms with Gasteiger partial charge in [0.15, 0.2) is 0 Å². The Labute approximate surface area is 83.7 Å². The molecule has 0 aliphatic rings. The Balaban J connectivity index is 2.83. The fourth-order valence-electron chi connectivity index (χ4n) is 0.767. The standard InChI is InChI=1S/C8H9ClFNOS/c1-2-13(12)11-8-4-3-6(10)5-7(8)9/h3-5,11H,2H2,1H3. The third-order valence-corrected chi connectivity index (χ3v) is 2.70. The van der Waals surface area contributed by atoms with E-state index in [1.165, 1.54) is 18.2 Å². The molecule has 2 nitrogen and oxygen atoms in total. The molecule has 1 N–H and O–H groups in total. The summed E-state index contributed by atoms with van der Waals surface area (Å²) in [6.07, 6.45) is 0. The van der Waals surface area contributed by atoms with E-state index in [-0.39, 0.29) is 5.02 Å². The summed E-state index contributed by atoms with van der Waals surface area (Å²) in [4.78, 5) is 0. The van der Waals surface area contributed by atoms with Crippen molar-refractivity contribution in [3.05, 3.63) is 29.0 Å². The average Bonchev–Trinajstić information content (AvgIpc) is 2.09. The van der Waals surface area contributed by atoms with E-state index in [9.17, 15) is 8.60 Å². The van der Waals surface area contributed by atoms with Crippen LogP contribution in [0.3, 0.4) is 0 Å². The molecular formula is C8H9ClFNOS. The summed E-state index contributed by atoms with van der Waals surface area (Å²) in [5.41, 5.74) is 0.489. The van der Waals surface area contributed by atoms with Crippen molar-refractivity contribution < 1.29 is 8.60 Å². The van der Waals surface area contributed by atoms with Gasteiger partial charge in [-0.15, -0.1) is 0 Å². The summed E-state index contributed by atoms with van der Waals surface area (Å²) in [6, 6.07) is 3.91. The molecule has 1 atom stereocenters. The zero-order valence-electron chi connectivity index (χ0n) is 7.01. The first-order chi connectivity index (χ1) is 6.13. The largest absolute Gasteiger partial charge is 0.304 e. The molecule has 0 aliphatic carbocycles. The van der Waals surface area contributed by atoms with Crippen LogP contribution < -0.4 is 4.72 Å². The number of nitrogens with one attached hydrogen (secondary N) is 1. The van der Waals surface area contributed by atoms with Crippen molar-refractivity contribution in [2.75, 3.05) is 10.5 Å². The van der Waals surface area contributed by atoms with Crippen LogP contribution in [0.2, 0.25) is 5.02 Å². The lowest BCUT2D eigenvalue weighted by molar-refractivity contribution is 0.628. The van der Waals surface area contributed by atoms with Gasteiger partial charge >= 0.3 is 0 Å². The van der Waals surface area contributed by atoms with Crippen LogP contribution in [0.4, 0.5) is 10.1 Å². The third-order valence-electron chi connectivity index (χ3n) is 1.42. The molecule has 1 rings (SSSR count). The third kappa shape index (κ3) is 2.97. The predicted molar refractivity (Wildman–Crippen MR) is 53.7 cm³/mol. The minimum absolute atomic E-state index is 0.238. The van der Waals surface area contributed by atoms with Gasteiger partial charge in [-0.05, 0) is 18.2 Å². The normalized spacial score (nSPS) is 12.5. The maximum absolute atomic E-state index is 12.6.